The number of nitrogens with zero attached hydrogens (tertiary/aromatic N) is 1. The van der Waals surface area contributed by atoms with Crippen molar-refractivity contribution in [3.05, 3.63) is 100 Å². The van der Waals surface area contributed by atoms with E-state index in [1.807, 2.05) is 26.0 Å². The molecule has 0 spiro atoms. The lowest BCUT2D eigenvalue weighted by molar-refractivity contribution is -0.142. The molecule has 1 fully saturated rings. The molecule has 2 unspecified atom stereocenters. The van der Waals surface area contributed by atoms with Crippen molar-refractivity contribution < 1.29 is 23.5 Å². The molecule has 8 heteroatoms. The number of carbonyl (C=O) groups is 2. The minimum Gasteiger partial charge on any atom is -0.376 e. The lowest BCUT2D eigenvalue weighted by Gasteiger charge is -2.22. The van der Waals surface area contributed by atoms with Gasteiger partial charge < -0.3 is 14.8 Å². The number of aromatic nitrogens is 1. The van der Waals surface area contributed by atoms with Crippen molar-refractivity contribution in [2.45, 2.75) is 32.3 Å². The molecule has 0 radical (unpaired) electrons. The topological polar surface area (TPSA) is 77.5 Å². The van der Waals surface area contributed by atoms with E-state index in [0.29, 0.717) is 31.0 Å². The van der Waals surface area contributed by atoms with E-state index in [9.17, 15) is 14.0 Å². The molecule has 1 saturated heterocycles. The number of carbonyl (C=O) groups excluding carboxylic acids is 2. The maximum absolute atomic E-state index is 13.5. The second kappa shape index (κ2) is 11.8. The zero-order chi connectivity index (χ0) is 26.5. The van der Waals surface area contributed by atoms with Gasteiger partial charge in [0.15, 0.2) is 11.9 Å². The van der Waals surface area contributed by atoms with E-state index in [0.717, 1.165) is 16.7 Å². The number of aryl methyl sites for hydroxylation is 1. The lowest BCUT2D eigenvalue weighted by atomic mass is 9.92. The van der Waals surface area contributed by atoms with Crippen LogP contribution in [0.2, 0.25) is 5.02 Å². The summed E-state index contributed by atoms with van der Waals surface area (Å²) in [5.74, 6) is -0.920. The fourth-order valence-electron chi connectivity index (χ4n) is 4.23. The Hall–Kier alpha value is -3.39. The van der Waals surface area contributed by atoms with Crippen LogP contribution < -0.4 is 5.32 Å². The average molecular weight is 523 g/mol. The third-order valence-corrected chi connectivity index (χ3v) is 6.58. The van der Waals surface area contributed by atoms with Gasteiger partial charge in [0, 0.05) is 23.0 Å². The summed E-state index contributed by atoms with van der Waals surface area (Å²) in [6, 6.07) is 13.2. The maximum atomic E-state index is 13.5. The number of ether oxygens (including phenoxy) is 2. The van der Waals surface area contributed by atoms with Crippen LogP contribution in [-0.4, -0.2) is 42.6 Å². The first-order chi connectivity index (χ1) is 17.7. The van der Waals surface area contributed by atoms with Crippen LogP contribution in [0.1, 0.15) is 45.6 Å². The van der Waals surface area contributed by atoms with Gasteiger partial charge in [0.25, 0.3) is 5.91 Å². The Bertz CT molecular complexity index is 1340. The molecule has 1 aromatic heterocycles. The van der Waals surface area contributed by atoms with Crippen LogP contribution in [0.25, 0.3) is 5.57 Å². The van der Waals surface area contributed by atoms with Crippen molar-refractivity contribution in [1.29, 1.82) is 0 Å². The van der Waals surface area contributed by atoms with Gasteiger partial charge in [-0.15, -0.1) is 0 Å². The smallest absolute Gasteiger partial charge is 0.255 e. The van der Waals surface area contributed by atoms with Gasteiger partial charge in [-0.2, -0.15) is 0 Å². The van der Waals surface area contributed by atoms with Crippen LogP contribution in [0, 0.1) is 12.7 Å². The summed E-state index contributed by atoms with van der Waals surface area (Å²) in [5.41, 5.74) is 3.93. The summed E-state index contributed by atoms with van der Waals surface area (Å²) >= 11 is 6.34. The van der Waals surface area contributed by atoms with E-state index in [2.05, 4.69) is 16.9 Å². The van der Waals surface area contributed by atoms with Gasteiger partial charge >= 0.3 is 0 Å². The maximum Gasteiger partial charge on any atom is 0.255 e. The Morgan fingerprint density at radius 2 is 2.03 bits per heavy atom. The molecule has 0 aliphatic carbocycles. The summed E-state index contributed by atoms with van der Waals surface area (Å²) in [6.45, 7) is 8.86. The predicted octanol–water partition coefficient (Wildman–Crippen LogP) is 5.78. The molecule has 3 aromatic rings. The number of amides is 1. The number of nitrogens with one attached hydrogen (secondary N) is 1. The van der Waals surface area contributed by atoms with Crippen LogP contribution in [0.4, 0.5) is 10.1 Å². The van der Waals surface area contributed by atoms with Gasteiger partial charge in [0.1, 0.15) is 5.82 Å². The molecule has 2 atom stereocenters. The molecule has 1 N–H and O–H groups in total. The molecule has 1 aliphatic rings. The van der Waals surface area contributed by atoms with Gasteiger partial charge in [0.05, 0.1) is 30.5 Å². The van der Waals surface area contributed by atoms with Gasteiger partial charge in [-0.05, 0) is 66.3 Å². The van der Waals surface area contributed by atoms with Crippen molar-refractivity contribution in [1.82, 2.24) is 4.98 Å². The number of anilines is 1. The zero-order valence-corrected chi connectivity index (χ0v) is 21.5. The van der Waals surface area contributed by atoms with E-state index in [1.54, 1.807) is 24.4 Å². The van der Waals surface area contributed by atoms with Crippen LogP contribution in [0.3, 0.4) is 0 Å². The minimum absolute atomic E-state index is 0.0966. The van der Waals surface area contributed by atoms with E-state index in [-0.39, 0.29) is 40.4 Å². The first-order valence-electron chi connectivity index (χ1n) is 12.0. The van der Waals surface area contributed by atoms with Crippen molar-refractivity contribution in [3.63, 3.8) is 0 Å². The van der Waals surface area contributed by atoms with Gasteiger partial charge in [-0.1, -0.05) is 43.3 Å². The number of Topliss-reactive ketones (excluding diaryl/α,β-unsaturated/α-hetero) is 1. The molecule has 192 valence electrons. The van der Waals surface area contributed by atoms with E-state index in [1.165, 1.54) is 18.2 Å². The highest BCUT2D eigenvalue weighted by molar-refractivity contribution is 6.39. The van der Waals surface area contributed by atoms with Crippen LogP contribution in [-0.2, 0) is 20.7 Å². The van der Waals surface area contributed by atoms with Crippen LogP contribution >= 0.6 is 11.6 Å². The third kappa shape index (κ3) is 6.49. The molecule has 2 aromatic carbocycles. The highest BCUT2D eigenvalue weighted by atomic mass is 35.5. The molecule has 6 nitrogen and oxygen atoms in total. The fraction of sp³-hybridized carbons (Fsp3) is 0.276. The summed E-state index contributed by atoms with van der Waals surface area (Å²) in [6.07, 6.45) is 1.66. The fourth-order valence-corrected chi connectivity index (χ4v) is 4.43. The first-order valence-corrected chi connectivity index (χ1v) is 12.4. The summed E-state index contributed by atoms with van der Waals surface area (Å²) in [5, 5.41) is 2.98. The van der Waals surface area contributed by atoms with E-state index >= 15 is 0 Å². The molecule has 0 saturated carbocycles. The SMILES string of the molecule is C=C(C(=O)c1cc(NC(=O)C2COCCO2)ccc1Cl)c1ncc(C(C)Cc2cccc(F)c2)cc1C. The van der Waals surface area contributed by atoms with E-state index < -0.39 is 11.9 Å². The standard InChI is InChI=1S/C29H28ClFN2O4/c1-17(11-20-5-4-6-22(31)13-20)21-12-18(2)27(32-15-21)19(3)28(34)24-14-23(7-8-25(24)30)33-29(35)26-16-36-9-10-37-26/h4-8,12-15,17,26H,3,9-11,16H2,1-2H3,(H,33,35). The number of hydrogen-bond donors (Lipinski definition) is 1. The van der Waals surface area contributed by atoms with E-state index in [4.69, 9.17) is 21.1 Å². The molecular weight excluding hydrogens is 495 g/mol. The Labute approximate surface area is 220 Å². The quantitative estimate of drug-likeness (QED) is 0.300. The average Bonchev–Trinajstić information content (AvgIpc) is 2.89. The largest absolute Gasteiger partial charge is 0.376 e. The summed E-state index contributed by atoms with van der Waals surface area (Å²) in [4.78, 5) is 30.3. The molecule has 1 aliphatic heterocycles. The monoisotopic (exact) mass is 522 g/mol. The van der Waals surface area contributed by atoms with Gasteiger partial charge in [-0.3, -0.25) is 14.6 Å². The number of rotatable bonds is 8. The molecule has 37 heavy (non-hydrogen) atoms. The Morgan fingerprint density at radius 1 is 1.22 bits per heavy atom. The van der Waals surface area contributed by atoms with Gasteiger partial charge in [-0.25, -0.2) is 4.39 Å². The molecule has 4 rings (SSSR count). The van der Waals surface area contributed by atoms with Crippen LogP contribution in [0.15, 0.2) is 61.3 Å². The van der Waals surface area contributed by atoms with Crippen molar-refractivity contribution >= 4 is 34.6 Å². The normalized spacial score (nSPS) is 16.2. The van der Waals surface area contributed by atoms with Crippen LogP contribution in [0.5, 0.6) is 0 Å². The number of ketones is 1. The number of allylic oxidation sites excluding steroid dienone is 1. The number of pyridine rings is 1. The number of hydrogen-bond acceptors (Lipinski definition) is 5. The zero-order valence-electron chi connectivity index (χ0n) is 20.7. The Morgan fingerprint density at radius 3 is 2.73 bits per heavy atom. The summed E-state index contributed by atoms with van der Waals surface area (Å²) in [7, 11) is 0. The second-order valence-electron chi connectivity index (χ2n) is 9.10. The Kier molecular flexibility index (Phi) is 8.48. The predicted molar refractivity (Wildman–Crippen MR) is 141 cm³/mol. The highest BCUT2D eigenvalue weighted by Crippen LogP contribution is 2.29. The lowest BCUT2D eigenvalue weighted by Crippen LogP contribution is -2.39. The second-order valence-corrected chi connectivity index (χ2v) is 9.50. The highest BCUT2D eigenvalue weighted by Gasteiger charge is 2.24. The molecule has 1 amide bonds. The summed E-state index contributed by atoms with van der Waals surface area (Å²) < 4.78 is 24.2. The third-order valence-electron chi connectivity index (χ3n) is 6.25. The molecule has 0 bridgehead atoms. The minimum atomic E-state index is -0.716. The first kappa shape index (κ1) is 26.7. The Balaban J connectivity index is 1.48. The van der Waals surface area contributed by atoms with Crippen molar-refractivity contribution in [2.24, 2.45) is 0 Å². The number of benzene rings is 2. The molecule has 2 heterocycles. The van der Waals surface area contributed by atoms with Crippen molar-refractivity contribution in [3.8, 4) is 0 Å². The molecular formula is C29H28ClFN2O4. The van der Waals surface area contributed by atoms with Crippen molar-refractivity contribution in [2.75, 3.05) is 25.1 Å². The van der Waals surface area contributed by atoms with Gasteiger partial charge in [0.2, 0.25) is 0 Å². The number of halogens is 2.